The summed E-state index contributed by atoms with van der Waals surface area (Å²) in [6.07, 6.45) is 1.17. The van der Waals surface area contributed by atoms with Crippen molar-refractivity contribution in [3.8, 4) is 0 Å². The number of hydrogen-bond acceptors (Lipinski definition) is 4. The molecule has 0 rings (SSSR count). The molecule has 0 amide bonds. The first-order valence-corrected chi connectivity index (χ1v) is 7.40. The summed E-state index contributed by atoms with van der Waals surface area (Å²) in [5.41, 5.74) is 0. The van der Waals surface area contributed by atoms with Gasteiger partial charge in [-0.2, -0.15) is 0 Å². The summed E-state index contributed by atoms with van der Waals surface area (Å²) in [6, 6.07) is 0.596. The maximum Gasteiger partial charge on any atom is 0.368 e. The van der Waals surface area contributed by atoms with Crippen molar-refractivity contribution in [2.45, 2.75) is 33.2 Å². The lowest BCUT2D eigenvalue weighted by atomic mass is 10.3. The molecular formula is C9H26N4Si. The van der Waals surface area contributed by atoms with Gasteiger partial charge in [-0.05, 0) is 34.1 Å². The summed E-state index contributed by atoms with van der Waals surface area (Å²) in [4.78, 5) is 10.3. The van der Waals surface area contributed by atoms with Crippen LogP contribution in [0.25, 0.3) is 0 Å². The smallest absolute Gasteiger partial charge is 0.303 e. The standard InChI is InChI=1S/C9H26N4Si/c1-7-9(3)13(8-2)14(10-4,11-5)12-6/h9-12H,7-8H2,1-6H3. The molecule has 0 aliphatic rings. The van der Waals surface area contributed by atoms with Crippen molar-refractivity contribution in [3.05, 3.63) is 0 Å². The molecule has 1 atom stereocenters. The summed E-state index contributed by atoms with van der Waals surface area (Å²) < 4.78 is 2.51. The largest absolute Gasteiger partial charge is 0.368 e. The lowest BCUT2D eigenvalue weighted by Crippen LogP contribution is -2.80. The third-order valence-electron chi connectivity index (χ3n) is 2.98. The minimum atomic E-state index is -1.85. The van der Waals surface area contributed by atoms with Crippen LogP contribution in [-0.4, -0.2) is 47.0 Å². The van der Waals surface area contributed by atoms with Gasteiger partial charge < -0.3 is 14.9 Å². The Balaban J connectivity index is 4.73. The van der Waals surface area contributed by atoms with E-state index < -0.39 is 8.72 Å². The molecular weight excluding hydrogens is 192 g/mol. The van der Waals surface area contributed by atoms with Crippen molar-refractivity contribution in [3.63, 3.8) is 0 Å². The van der Waals surface area contributed by atoms with E-state index in [-0.39, 0.29) is 0 Å². The van der Waals surface area contributed by atoms with Crippen LogP contribution in [0.5, 0.6) is 0 Å². The van der Waals surface area contributed by atoms with Gasteiger partial charge in [0, 0.05) is 6.04 Å². The molecule has 0 aliphatic heterocycles. The molecule has 0 aromatic heterocycles. The van der Waals surface area contributed by atoms with Gasteiger partial charge in [0.15, 0.2) is 0 Å². The van der Waals surface area contributed by atoms with E-state index >= 15 is 0 Å². The normalized spacial score (nSPS) is 14.8. The van der Waals surface area contributed by atoms with Gasteiger partial charge in [-0.25, -0.2) is 0 Å². The number of nitrogens with one attached hydrogen (secondary N) is 3. The minimum absolute atomic E-state index is 0.596. The van der Waals surface area contributed by atoms with Crippen molar-refractivity contribution in [2.24, 2.45) is 0 Å². The molecule has 0 aliphatic carbocycles. The fourth-order valence-electron chi connectivity index (χ4n) is 1.91. The molecule has 0 saturated heterocycles. The first kappa shape index (κ1) is 14.1. The van der Waals surface area contributed by atoms with Crippen molar-refractivity contribution in [2.75, 3.05) is 27.7 Å². The second kappa shape index (κ2) is 6.52. The second-order valence-electron chi connectivity index (χ2n) is 3.50. The molecule has 0 spiro atoms. The Bertz CT molecular complexity index is 141. The van der Waals surface area contributed by atoms with Crippen LogP contribution in [0, 0.1) is 0 Å². The maximum atomic E-state index is 3.42. The quantitative estimate of drug-likeness (QED) is 0.534. The van der Waals surface area contributed by atoms with Gasteiger partial charge in [0.25, 0.3) is 0 Å². The molecule has 0 saturated carbocycles. The lowest BCUT2D eigenvalue weighted by molar-refractivity contribution is 0.316. The molecule has 0 bridgehead atoms. The highest BCUT2D eigenvalue weighted by Crippen LogP contribution is 2.08. The van der Waals surface area contributed by atoms with E-state index in [1.807, 2.05) is 21.1 Å². The van der Waals surface area contributed by atoms with Crippen LogP contribution >= 0.6 is 0 Å². The summed E-state index contributed by atoms with van der Waals surface area (Å²) in [6.45, 7) is 7.77. The maximum absolute atomic E-state index is 3.42. The molecule has 4 nitrogen and oxygen atoms in total. The summed E-state index contributed by atoms with van der Waals surface area (Å²) in [5, 5.41) is 0. The third-order valence-corrected chi connectivity index (χ3v) is 6.77. The molecule has 0 fully saturated rings. The third kappa shape index (κ3) is 2.77. The Kier molecular flexibility index (Phi) is 6.55. The fourth-order valence-corrected chi connectivity index (χ4v) is 4.84. The zero-order valence-electron chi connectivity index (χ0n) is 10.4. The predicted octanol–water partition coefficient (Wildman–Crippen LogP) is 0.201. The van der Waals surface area contributed by atoms with Crippen molar-refractivity contribution in [1.82, 2.24) is 19.5 Å². The summed E-state index contributed by atoms with van der Waals surface area (Å²) in [5.74, 6) is 0. The zero-order chi connectivity index (χ0) is 11.2. The molecule has 0 aromatic rings. The molecule has 1 unspecified atom stereocenters. The monoisotopic (exact) mass is 218 g/mol. The number of rotatable bonds is 7. The Hall–Kier alpha value is 0.0569. The van der Waals surface area contributed by atoms with Crippen molar-refractivity contribution in [1.29, 1.82) is 0 Å². The number of nitrogens with zero attached hydrogens (tertiary/aromatic N) is 1. The minimum Gasteiger partial charge on any atom is -0.303 e. The van der Waals surface area contributed by atoms with Gasteiger partial charge in [-0.15, -0.1) is 0 Å². The van der Waals surface area contributed by atoms with E-state index in [0.29, 0.717) is 6.04 Å². The summed E-state index contributed by atoms with van der Waals surface area (Å²) in [7, 11) is 4.21. The van der Waals surface area contributed by atoms with Crippen LogP contribution < -0.4 is 14.9 Å². The topological polar surface area (TPSA) is 39.3 Å². The van der Waals surface area contributed by atoms with Gasteiger partial charge in [0.05, 0.1) is 0 Å². The second-order valence-corrected chi connectivity index (χ2v) is 7.00. The molecule has 3 N–H and O–H groups in total. The molecule has 5 heteroatoms. The number of hydrogen-bond donors (Lipinski definition) is 3. The molecule has 0 aromatic carbocycles. The average Bonchev–Trinajstić information content (AvgIpc) is 2.25. The Morgan fingerprint density at radius 1 is 1.07 bits per heavy atom. The van der Waals surface area contributed by atoms with E-state index in [1.54, 1.807) is 0 Å². The van der Waals surface area contributed by atoms with Crippen LogP contribution in [0.15, 0.2) is 0 Å². The van der Waals surface area contributed by atoms with Crippen LogP contribution in [0.1, 0.15) is 27.2 Å². The highest BCUT2D eigenvalue weighted by Gasteiger charge is 2.38. The van der Waals surface area contributed by atoms with Gasteiger partial charge in [0.1, 0.15) is 0 Å². The van der Waals surface area contributed by atoms with Crippen LogP contribution in [0.2, 0.25) is 0 Å². The van der Waals surface area contributed by atoms with Crippen LogP contribution in [0.4, 0.5) is 0 Å². The Morgan fingerprint density at radius 3 is 1.71 bits per heavy atom. The highest BCUT2D eigenvalue weighted by atomic mass is 28.4. The predicted molar refractivity (Wildman–Crippen MR) is 65.1 cm³/mol. The van der Waals surface area contributed by atoms with Crippen molar-refractivity contribution >= 4 is 8.72 Å². The van der Waals surface area contributed by atoms with Crippen LogP contribution in [-0.2, 0) is 0 Å². The molecule has 86 valence electrons. The first-order chi connectivity index (χ1) is 6.61. The fraction of sp³-hybridized carbons (Fsp3) is 1.00. The highest BCUT2D eigenvalue weighted by molar-refractivity contribution is 6.69. The Morgan fingerprint density at radius 2 is 1.50 bits per heavy atom. The first-order valence-electron chi connectivity index (χ1n) is 5.45. The Labute approximate surface area is 89.8 Å². The van der Waals surface area contributed by atoms with Crippen molar-refractivity contribution < 1.29 is 0 Å². The van der Waals surface area contributed by atoms with Gasteiger partial charge in [-0.3, -0.25) is 4.57 Å². The molecule has 0 heterocycles. The van der Waals surface area contributed by atoms with Gasteiger partial charge >= 0.3 is 8.72 Å². The van der Waals surface area contributed by atoms with Crippen LogP contribution in [0.3, 0.4) is 0 Å². The summed E-state index contributed by atoms with van der Waals surface area (Å²) >= 11 is 0. The van der Waals surface area contributed by atoms with Gasteiger partial charge in [-0.1, -0.05) is 20.8 Å². The molecule has 14 heavy (non-hydrogen) atoms. The average molecular weight is 218 g/mol. The van der Waals surface area contributed by atoms with E-state index in [2.05, 4.69) is 40.3 Å². The SMILES string of the molecule is CCC(C)N(CC)[Si](NC)(NC)NC. The lowest BCUT2D eigenvalue weighted by Gasteiger charge is -2.42. The van der Waals surface area contributed by atoms with Gasteiger partial charge in [0.2, 0.25) is 0 Å². The van der Waals surface area contributed by atoms with E-state index in [1.165, 1.54) is 6.42 Å². The van der Waals surface area contributed by atoms with E-state index in [4.69, 9.17) is 0 Å². The molecule has 0 radical (unpaired) electrons. The zero-order valence-corrected chi connectivity index (χ0v) is 11.4. The van der Waals surface area contributed by atoms with E-state index in [9.17, 15) is 0 Å². The van der Waals surface area contributed by atoms with E-state index in [0.717, 1.165) is 6.54 Å².